The molecule has 0 heterocycles. The van der Waals surface area contributed by atoms with Gasteiger partial charge in [-0.1, -0.05) is 0 Å². The van der Waals surface area contributed by atoms with Crippen LogP contribution in [-0.4, -0.2) is 17.9 Å². The summed E-state index contributed by atoms with van der Waals surface area (Å²) in [4.78, 5) is 0. The van der Waals surface area contributed by atoms with E-state index in [2.05, 4.69) is 0 Å². The zero-order valence-corrected chi connectivity index (χ0v) is 12.1. The van der Waals surface area contributed by atoms with Crippen molar-refractivity contribution in [2.24, 2.45) is 0 Å². The second-order valence-electron chi connectivity index (χ2n) is 4.41. The number of benzene rings is 3. The summed E-state index contributed by atoms with van der Waals surface area (Å²) in [6, 6.07) is 22.1. The van der Waals surface area contributed by atoms with E-state index in [0.29, 0.717) is 8.70 Å². The van der Waals surface area contributed by atoms with Crippen LogP contribution in [0.3, 0.4) is 0 Å². The minimum atomic E-state index is -4.26. The molecule has 1 N–H and O–H groups in total. The predicted octanol–water partition coefficient (Wildman–Crippen LogP) is 1.82. The van der Waals surface area contributed by atoms with Crippen molar-refractivity contribution in [3.8, 4) is 0 Å². The van der Waals surface area contributed by atoms with Crippen molar-refractivity contribution < 1.29 is 7.84 Å². The van der Waals surface area contributed by atoms with E-state index in [0.717, 1.165) is 10.8 Å². The Morgan fingerprint density at radius 3 is 2.16 bits per heavy atom. The maximum absolute atomic E-state index is 12.8. The van der Waals surface area contributed by atoms with Gasteiger partial charge in [0.15, 0.2) is 0 Å². The van der Waals surface area contributed by atoms with Crippen LogP contribution in [0.4, 0.5) is 0 Å². The molecule has 3 aromatic carbocycles. The molecule has 1 unspecified atom stereocenters. The molecule has 0 amide bonds. The van der Waals surface area contributed by atoms with Gasteiger partial charge in [0.05, 0.1) is 0 Å². The molecule has 3 aromatic rings. The first-order valence-electron chi connectivity index (χ1n) is 6.06. The van der Waals surface area contributed by atoms with Crippen molar-refractivity contribution in [1.82, 2.24) is 0 Å². The Labute approximate surface area is 114 Å². The van der Waals surface area contributed by atoms with Crippen molar-refractivity contribution in [3.63, 3.8) is 0 Å². The molecule has 94 valence electrons. The molecule has 0 spiro atoms. The Bertz CT molecular complexity index is 761. The maximum atomic E-state index is 12.8. The molecular formula is C16H13AsO2. The molecule has 0 saturated carbocycles. The van der Waals surface area contributed by atoms with Gasteiger partial charge in [0.1, 0.15) is 0 Å². The van der Waals surface area contributed by atoms with Crippen LogP contribution >= 0.6 is 0 Å². The summed E-state index contributed by atoms with van der Waals surface area (Å²) in [6.07, 6.45) is 0. The van der Waals surface area contributed by atoms with E-state index >= 15 is 0 Å². The second-order valence-corrected chi connectivity index (χ2v) is 8.92. The number of hydrogen-bond donors (Lipinski definition) is 1. The number of hydrogen-bond acceptors (Lipinski definition) is 1. The third-order valence-corrected chi connectivity index (χ3v) is 7.48. The summed E-state index contributed by atoms with van der Waals surface area (Å²) in [5.41, 5.74) is 0. The third kappa shape index (κ3) is 2.14. The van der Waals surface area contributed by atoms with Crippen molar-refractivity contribution in [2.75, 3.05) is 0 Å². The molecule has 0 bridgehead atoms. The molecule has 3 rings (SSSR count). The van der Waals surface area contributed by atoms with Crippen LogP contribution < -0.4 is 8.70 Å². The average molecular weight is 312 g/mol. The molecule has 0 fully saturated rings. The van der Waals surface area contributed by atoms with Crippen molar-refractivity contribution >= 4 is 33.3 Å². The predicted molar refractivity (Wildman–Crippen MR) is 78.3 cm³/mol. The van der Waals surface area contributed by atoms with Crippen LogP contribution in [-0.2, 0) is 3.74 Å². The average Bonchev–Trinajstić information content (AvgIpc) is 2.47. The van der Waals surface area contributed by atoms with E-state index < -0.39 is 13.8 Å². The van der Waals surface area contributed by atoms with Crippen LogP contribution in [0.25, 0.3) is 10.8 Å². The summed E-state index contributed by atoms with van der Waals surface area (Å²) < 4.78 is 24.5. The van der Waals surface area contributed by atoms with Crippen LogP contribution in [0.15, 0.2) is 72.8 Å². The van der Waals surface area contributed by atoms with Gasteiger partial charge in [0.2, 0.25) is 0 Å². The first kappa shape index (κ1) is 12.3. The molecule has 0 aliphatic carbocycles. The summed E-state index contributed by atoms with van der Waals surface area (Å²) in [5, 5.41) is 1.85. The summed E-state index contributed by atoms with van der Waals surface area (Å²) in [5.74, 6) is 0. The molecule has 0 saturated heterocycles. The number of rotatable bonds is 2. The van der Waals surface area contributed by atoms with Gasteiger partial charge < -0.3 is 0 Å². The van der Waals surface area contributed by atoms with Gasteiger partial charge in [-0.05, 0) is 0 Å². The van der Waals surface area contributed by atoms with Crippen molar-refractivity contribution in [3.05, 3.63) is 72.8 Å². The Morgan fingerprint density at radius 1 is 0.737 bits per heavy atom. The van der Waals surface area contributed by atoms with Gasteiger partial charge in [-0.25, -0.2) is 0 Å². The standard InChI is InChI=1S/C16H13AsO2/c18-17(19,14-9-2-1-3-10-14)16-12-6-8-13-7-4-5-11-15(13)16/h1-12H,(H,18,19). The second kappa shape index (κ2) is 4.73. The summed E-state index contributed by atoms with van der Waals surface area (Å²) in [7, 11) is 0. The van der Waals surface area contributed by atoms with E-state index in [-0.39, 0.29) is 0 Å². The summed E-state index contributed by atoms with van der Waals surface area (Å²) >= 11 is -4.26. The fourth-order valence-corrected chi connectivity index (χ4v) is 5.75. The molecule has 3 heteroatoms. The third-order valence-electron chi connectivity index (χ3n) is 3.20. The molecule has 0 aromatic heterocycles. The van der Waals surface area contributed by atoms with Gasteiger partial charge in [-0.2, -0.15) is 0 Å². The normalized spacial score (nSPS) is 14.2. The molecule has 2 nitrogen and oxygen atoms in total. The fraction of sp³-hybridized carbons (Fsp3) is 0. The molecule has 1 atom stereocenters. The van der Waals surface area contributed by atoms with E-state index in [1.165, 1.54) is 0 Å². The molecule has 0 aliphatic rings. The van der Waals surface area contributed by atoms with Crippen LogP contribution in [0.1, 0.15) is 0 Å². The first-order chi connectivity index (χ1) is 9.19. The van der Waals surface area contributed by atoms with Crippen molar-refractivity contribution in [1.29, 1.82) is 0 Å². The van der Waals surface area contributed by atoms with E-state index in [4.69, 9.17) is 0 Å². The number of fused-ring (bicyclic) bond motifs is 1. The quantitative estimate of drug-likeness (QED) is 0.733. The van der Waals surface area contributed by atoms with Crippen molar-refractivity contribution in [2.45, 2.75) is 0 Å². The van der Waals surface area contributed by atoms with Gasteiger partial charge in [-0.15, -0.1) is 0 Å². The Balaban J connectivity index is 2.28. The van der Waals surface area contributed by atoms with Gasteiger partial charge in [-0.3, -0.25) is 0 Å². The Morgan fingerprint density at radius 2 is 1.37 bits per heavy atom. The molecule has 0 radical (unpaired) electrons. The van der Waals surface area contributed by atoms with Gasteiger partial charge in [0.25, 0.3) is 0 Å². The van der Waals surface area contributed by atoms with E-state index in [1.807, 2.05) is 42.5 Å². The Hall–Kier alpha value is -1.76. The summed E-state index contributed by atoms with van der Waals surface area (Å²) in [6.45, 7) is 0. The SMILES string of the molecule is O=[As](O)(c1ccccc1)c1cccc2ccccc12. The van der Waals surface area contributed by atoms with E-state index in [9.17, 15) is 7.84 Å². The molecule has 0 aliphatic heterocycles. The van der Waals surface area contributed by atoms with Crippen LogP contribution in [0.5, 0.6) is 0 Å². The Kier molecular flexibility index (Phi) is 3.06. The van der Waals surface area contributed by atoms with E-state index in [1.54, 1.807) is 30.3 Å². The van der Waals surface area contributed by atoms with Gasteiger partial charge in [0, 0.05) is 0 Å². The molecule has 19 heavy (non-hydrogen) atoms. The van der Waals surface area contributed by atoms with Crippen LogP contribution in [0.2, 0.25) is 0 Å². The first-order valence-corrected chi connectivity index (χ1v) is 9.54. The fourth-order valence-electron chi connectivity index (χ4n) is 2.24. The minimum absolute atomic E-state index is 0.525. The zero-order valence-electron chi connectivity index (χ0n) is 10.2. The molecular weight excluding hydrogens is 299 g/mol. The monoisotopic (exact) mass is 312 g/mol. The zero-order chi connectivity index (χ0) is 13.3. The topological polar surface area (TPSA) is 37.3 Å². The van der Waals surface area contributed by atoms with Gasteiger partial charge >= 0.3 is 114 Å². The van der Waals surface area contributed by atoms with Crippen LogP contribution in [0, 0.1) is 0 Å².